The third-order valence-electron chi connectivity index (χ3n) is 2.31. The number of hydrogen-bond acceptors (Lipinski definition) is 3. The number of halogens is 3. The molecular weight excluding hydrogens is 278 g/mol. The molecule has 1 aromatic carbocycles. The zero-order chi connectivity index (χ0) is 13.2. The minimum Gasteiger partial charge on any atom is -0.395 e. The SMILES string of the molecule is CC(C)(C)NCC(O)c1cc(F)c(N)c(Cl)c1.Cl. The predicted molar refractivity (Wildman–Crippen MR) is 75.8 cm³/mol. The lowest BCUT2D eigenvalue weighted by atomic mass is 10.1. The lowest BCUT2D eigenvalue weighted by molar-refractivity contribution is 0.163. The second-order valence-corrected chi connectivity index (χ2v) is 5.45. The van der Waals surface area contributed by atoms with Crippen LogP contribution in [0, 0.1) is 5.82 Å². The Morgan fingerprint density at radius 1 is 1.44 bits per heavy atom. The number of aliphatic hydroxyl groups is 1. The Kier molecular flexibility index (Phi) is 6.37. The van der Waals surface area contributed by atoms with E-state index < -0.39 is 11.9 Å². The van der Waals surface area contributed by atoms with E-state index in [2.05, 4.69) is 5.32 Å². The van der Waals surface area contributed by atoms with Crippen LogP contribution in [-0.2, 0) is 0 Å². The maximum atomic E-state index is 13.3. The molecule has 0 saturated heterocycles. The van der Waals surface area contributed by atoms with Gasteiger partial charge in [-0.25, -0.2) is 4.39 Å². The molecule has 0 aliphatic carbocycles. The molecule has 104 valence electrons. The fourth-order valence-electron chi connectivity index (χ4n) is 1.32. The summed E-state index contributed by atoms with van der Waals surface area (Å²) < 4.78 is 13.3. The number of β-amino-alcohol motifs (C(OH)–C–C–N with tert-alkyl or cyclic N) is 1. The summed E-state index contributed by atoms with van der Waals surface area (Å²) in [5, 5.41) is 13.1. The Morgan fingerprint density at radius 2 is 2.00 bits per heavy atom. The lowest BCUT2D eigenvalue weighted by Crippen LogP contribution is -2.38. The Balaban J connectivity index is 0.00000289. The van der Waals surface area contributed by atoms with E-state index in [-0.39, 0.29) is 28.7 Å². The molecule has 1 rings (SSSR count). The molecule has 0 fully saturated rings. The van der Waals surface area contributed by atoms with Gasteiger partial charge in [0.15, 0.2) is 0 Å². The normalized spacial score (nSPS) is 13.0. The molecule has 1 unspecified atom stereocenters. The van der Waals surface area contributed by atoms with Gasteiger partial charge in [-0.2, -0.15) is 0 Å². The highest BCUT2D eigenvalue weighted by molar-refractivity contribution is 6.33. The van der Waals surface area contributed by atoms with Crippen molar-refractivity contribution in [3.05, 3.63) is 28.5 Å². The molecule has 0 bridgehead atoms. The van der Waals surface area contributed by atoms with Crippen molar-refractivity contribution in [3.63, 3.8) is 0 Å². The summed E-state index contributed by atoms with van der Waals surface area (Å²) >= 11 is 5.76. The molecule has 18 heavy (non-hydrogen) atoms. The van der Waals surface area contributed by atoms with Crippen LogP contribution >= 0.6 is 24.0 Å². The summed E-state index contributed by atoms with van der Waals surface area (Å²) in [6, 6.07) is 2.69. The summed E-state index contributed by atoms with van der Waals surface area (Å²) in [4.78, 5) is 0. The highest BCUT2D eigenvalue weighted by Gasteiger charge is 2.16. The summed E-state index contributed by atoms with van der Waals surface area (Å²) in [7, 11) is 0. The van der Waals surface area contributed by atoms with Crippen molar-refractivity contribution in [2.75, 3.05) is 12.3 Å². The van der Waals surface area contributed by atoms with Crippen LogP contribution in [0.1, 0.15) is 32.4 Å². The number of benzene rings is 1. The number of rotatable bonds is 3. The molecule has 1 aromatic rings. The summed E-state index contributed by atoms with van der Waals surface area (Å²) in [6.07, 6.45) is -0.818. The van der Waals surface area contributed by atoms with Crippen LogP contribution in [0.2, 0.25) is 5.02 Å². The molecule has 3 nitrogen and oxygen atoms in total. The molecular formula is C12H19Cl2FN2O. The van der Waals surface area contributed by atoms with Crippen LogP contribution in [0.15, 0.2) is 12.1 Å². The molecule has 0 saturated carbocycles. The lowest BCUT2D eigenvalue weighted by Gasteiger charge is -2.23. The van der Waals surface area contributed by atoms with Gasteiger partial charge in [-0.1, -0.05) is 11.6 Å². The number of anilines is 1. The largest absolute Gasteiger partial charge is 0.395 e. The van der Waals surface area contributed by atoms with Gasteiger partial charge in [0, 0.05) is 12.1 Å². The molecule has 0 heterocycles. The molecule has 1 atom stereocenters. The van der Waals surface area contributed by atoms with Crippen LogP contribution in [0.5, 0.6) is 0 Å². The van der Waals surface area contributed by atoms with E-state index in [9.17, 15) is 9.50 Å². The van der Waals surface area contributed by atoms with Crippen LogP contribution < -0.4 is 11.1 Å². The third kappa shape index (κ3) is 4.98. The van der Waals surface area contributed by atoms with E-state index in [0.29, 0.717) is 12.1 Å². The first-order valence-corrected chi connectivity index (χ1v) is 5.76. The van der Waals surface area contributed by atoms with Gasteiger partial charge in [-0.05, 0) is 38.5 Å². The van der Waals surface area contributed by atoms with Crippen molar-refractivity contribution in [3.8, 4) is 0 Å². The number of aliphatic hydroxyl groups excluding tert-OH is 1. The van der Waals surface area contributed by atoms with Gasteiger partial charge < -0.3 is 16.2 Å². The van der Waals surface area contributed by atoms with E-state index in [4.69, 9.17) is 17.3 Å². The Morgan fingerprint density at radius 3 is 2.44 bits per heavy atom. The second kappa shape index (κ2) is 6.57. The fourth-order valence-corrected chi connectivity index (χ4v) is 1.53. The van der Waals surface area contributed by atoms with Crippen molar-refractivity contribution >= 4 is 29.7 Å². The van der Waals surface area contributed by atoms with Gasteiger partial charge in [-0.3, -0.25) is 0 Å². The van der Waals surface area contributed by atoms with E-state index >= 15 is 0 Å². The molecule has 6 heteroatoms. The van der Waals surface area contributed by atoms with E-state index in [1.54, 1.807) is 0 Å². The van der Waals surface area contributed by atoms with Crippen molar-refractivity contribution in [2.24, 2.45) is 0 Å². The van der Waals surface area contributed by atoms with Crippen molar-refractivity contribution in [1.82, 2.24) is 5.32 Å². The first kappa shape index (κ1) is 17.4. The average Bonchev–Trinajstić information content (AvgIpc) is 2.20. The maximum Gasteiger partial charge on any atom is 0.147 e. The number of nitrogen functional groups attached to an aromatic ring is 1. The molecule has 0 aliphatic rings. The topological polar surface area (TPSA) is 58.3 Å². The fraction of sp³-hybridized carbons (Fsp3) is 0.500. The van der Waals surface area contributed by atoms with Crippen molar-refractivity contribution in [2.45, 2.75) is 32.4 Å². The quantitative estimate of drug-likeness (QED) is 0.752. The zero-order valence-corrected chi connectivity index (χ0v) is 12.2. The van der Waals surface area contributed by atoms with E-state index in [0.717, 1.165) is 0 Å². The van der Waals surface area contributed by atoms with Gasteiger partial charge in [0.1, 0.15) is 5.82 Å². The molecule has 0 radical (unpaired) electrons. The van der Waals surface area contributed by atoms with Crippen molar-refractivity contribution < 1.29 is 9.50 Å². The van der Waals surface area contributed by atoms with Gasteiger partial charge in [-0.15, -0.1) is 12.4 Å². The van der Waals surface area contributed by atoms with Crippen molar-refractivity contribution in [1.29, 1.82) is 0 Å². The van der Waals surface area contributed by atoms with E-state index in [1.807, 2.05) is 20.8 Å². The van der Waals surface area contributed by atoms with Crippen LogP contribution in [0.4, 0.5) is 10.1 Å². The van der Waals surface area contributed by atoms with Gasteiger partial charge in [0.05, 0.1) is 16.8 Å². The summed E-state index contributed by atoms with van der Waals surface area (Å²) in [5.41, 5.74) is 5.60. The highest BCUT2D eigenvalue weighted by Crippen LogP contribution is 2.26. The van der Waals surface area contributed by atoms with Crippen LogP contribution in [0.3, 0.4) is 0 Å². The smallest absolute Gasteiger partial charge is 0.147 e. The minimum atomic E-state index is -0.818. The highest BCUT2D eigenvalue weighted by atomic mass is 35.5. The molecule has 0 amide bonds. The summed E-state index contributed by atoms with van der Waals surface area (Å²) in [6.45, 7) is 6.27. The Bertz CT molecular complexity index is 385. The van der Waals surface area contributed by atoms with Crippen LogP contribution in [0.25, 0.3) is 0 Å². The summed E-state index contributed by atoms with van der Waals surface area (Å²) in [5.74, 6) is -0.609. The van der Waals surface area contributed by atoms with Gasteiger partial charge >= 0.3 is 0 Å². The Labute approximate surface area is 118 Å². The number of nitrogens with two attached hydrogens (primary N) is 1. The molecule has 4 N–H and O–H groups in total. The Hall–Kier alpha value is -0.550. The zero-order valence-electron chi connectivity index (χ0n) is 10.6. The molecule has 0 aromatic heterocycles. The second-order valence-electron chi connectivity index (χ2n) is 5.04. The third-order valence-corrected chi connectivity index (χ3v) is 2.62. The first-order chi connectivity index (χ1) is 7.70. The number of hydrogen-bond donors (Lipinski definition) is 3. The molecule has 0 spiro atoms. The van der Waals surface area contributed by atoms with E-state index in [1.165, 1.54) is 12.1 Å². The minimum absolute atomic E-state index is 0. The first-order valence-electron chi connectivity index (χ1n) is 5.38. The standard InChI is InChI=1S/C12H18ClFN2O.ClH/c1-12(2,3)16-6-10(17)7-4-8(13)11(15)9(14)5-7;/h4-5,10,16-17H,6,15H2,1-3H3;1H. The number of nitrogens with one attached hydrogen (secondary N) is 1. The predicted octanol–water partition coefficient (Wildman–Crippen LogP) is 2.90. The average molecular weight is 297 g/mol. The monoisotopic (exact) mass is 296 g/mol. The van der Waals surface area contributed by atoms with Gasteiger partial charge in [0.2, 0.25) is 0 Å². The molecule has 0 aliphatic heterocycles. The van der Waals surface area contributed by atoms with Crippen LogP contribution in [-0.4, -0.2) is 17.2 Å². The van der Waals surface area contributed by atoms with Gasteiger partial charge in [0.25, 0.3) is 0 Å². The maximum absolute atomic E-state index is 13.3.